The number of nitrogens with zero attached hydrogens (tertiary/aromatic N) is 1. The second-order valence-corrected chi connectivity index (χ2v) is 9.11. The predicted octanol–water partition coefficient (Wildman–Crippen LogP) is 5.45. The summed E-state index contributed by atoms with van der Waals surface area (Å²) in [5.41, 5.74) is 4.87. The third kappa shape index (κ3) is 5.91. The maximum Gasteiger partial charge on any atom is 0.322 e. The molecule has 4 aromatic rings. The number of H-pyrrole nitrogens is 1. The molecule has 4 rings (SSSR count). The number of urea groups is 1. The van der Waals surface area contributed by atoms with Gasteiger partial charge in [0, 0.05) is 17.8 Å². The maximum atomic E-state index is 13.4. The molecule has 2 amide bonds. The van der Waals surface area contributed by atoms with Crippen LogP contribution in [0.5, 0.6) is 17.2 Å². The minimum absolute atomic E-state index is 0.146. The van der Waals surface area contributed by atoms with Gasteiger partial charge in [-0.3, -0.25) is 4.79 Å². The van der Waals surface area contributed by atoms with Crippen molar-refractivity contribution >= 4 is 22.6 Å². The van der Waals surface area contributed by atoms with E-state index in [9.17, 15) is 9.59 Å². The molecule has 0 aliphatic heterocycles. The minimum atomic E-state index is -0.310. The van der Waals surface area contributed by atoms with Gasteiger partial charge in [0.1, 0.15) is 5.75 Å². The summed E-state index contributed by atoms with van der Waals surface area (Å²) in [5.74, 6) is 1.95. The van der Waals surface area contributed by atoms with Gasteiger partial charge in [-0.2, -0.15) is 0 Å². The highest BCUT2D eigenvalue weighted by atomic mass is 16.5. The fourth-order valence-corrected chi connectivity index (χ4v) is 4.32. The second kappa shape index (κ2) is 11.7. The Morgan fingerprint density at radius 3 is 2.32 bits per heavy atom. The van der Waals surface area contributed by atoms with E-state index in [1.165, 1.54) is 0 Å². The molecular weight excluding hydrogens is 482 g/mol. The molecule has 0 aliphatic carbocycles. The third-order valence-electron chi connectivity index (χ3n) is 6.74. The zero-order valence-electron chi connectivity index (χ0n) is 22.4. The van der Waals surface area contributed by atoms with Crippen LogP contribution >= 0.6 is 0 Å². The first-order chi connectivity index (χ1) is 18.3. The van der Waals surface area contributed by atoms with Gasteiger partial charge in [-0.15, -0.1) is 0 Å². The fraction of sp³-hybridized carbons (Fsp3) is 0.267. The van der Waals surface area contributed by atoms with Crippen molar-refractivity contribution in [3.8, 4) is 17.2 Å². The molecule has 1 heterocycles. The number of methoxy groups -OCH3 is 3. The molecular formula is C30H33N3O5. The quantitative estimate of drug-likeness (QED) is 0.309. The Balaban J connectivity index is 1.61. The number of anilines is 1. The molecule has 0 saturated carbocycles. The topological polar surface area (TPSA) is 92.9 Å². The minimum Gasteiger partial charge on any atom is -0.497 e. The molecule has 0 bridgehead atoms. The highest BCUT2D eigenvalue weighted by Crippen LogP contribution is 2.28. The van der Waals surface area contributed by atoms with Gasteiger partial charge in [-0.05, 0) is 84.8 Å². The number of amides is 2. The third-order valence-corrected chi connectivity index (χ3v) is 6.74. The molecule has 8 nitrogen and oxygen atoms in total. The summed E-state index contributed by atoms with van der Waals surface area (Å²) in [6.45, 7) is 4.53. The van der Waals surface area contributed by atoms with Crippen LogP contribution < -0.4 is 25.1 Å². The summed E-state index contributed by atoms with van der Waals surface area (Å²) in [6.07, 6.45) is 0.556. The van der Waals surface area contributed by atoms with Gasteiger partial charge >= 0.3 is 6.03 Å². The van der Waals surface area contributed by atoms with Crippen molar-refractivity contribution in [2.45, 2.75) is 26.8 Å². The van der Waals surface area contributed by atoms with Crippen molar-refractivity contribution in [3.05, 3.63) is 93.3 Å². The van der Waals surface area contributed by atoms with Crippen LogP contribution in [-0.4, -0.2) is 43.8 Å². The lowest BCUT2D eigenvalue weighted by atomic mass is 10.0. The van der Waals surface area contributed by atoms with Crippen LogP contribution in [-0.2, 0) is 13.0 Å². The molecule has 2 N–H and O–H groups in total. The van der Waals surface area contributed by atoms with Crippen LogP contribution in [0.2, 0.25) is 0 Å². The summed E-state index contributed by atoms with van der Waals surface area (Å²) in [5, 5.41) is 3.87. The molecule has 3 aromatic carbocycles. The van der Waals surface area contributed by atoms with Gasteiger partial charge in [0.2, 0.25) is 0 Å². The van der Waals surface area contributed by atoms with Crippen LogP contribution in [0.4, 0.5) is 10.5 Å². The van der Waals surface area contributed by atoms with Gasteiger partial charge in [0.05, 0.1) is 33.4 Å². The summed E-state index contributed by atoms with van der Waals surface area (Å²) in [4.78, 5) is 31.1. The lowest BCUT2D eigenvalue weighted by molar-refractivity contribution is 0.209. The van der Waals surface area contributed by atoms with Gasteiger partial charge in [-0.1, -0.05) is 18.2 Å². The number of aromatic amines is 1. The van der Waals surface area contributed by atoms with E-state index < -0.39 is 0 Å². The van der Waals surface area contributed by atoms with E-state index >= 15 is 0 Å². The van der Waals surface area contributed by atoms with Crippen LogP contribution in [0.3, 0.4) is 0 Å². The Kier molecular flexibility index (Phi) is 8.21. The van der Waals surface area contributed by atoms with E-state index in [2.05, 4.69) is 10.3 Å². The number of aromatic nitrogens is 1. The summed E-state index contributed by atoms with van der Waals surface area (Å²) < 4.78 is 16.0. The number of benzene rings is 3. The Morgan fingerprint density at radius 1 is 0.895 bits per heavy atom. The SMILES string of the molecule is COc1ccc(NC(=O)N(CCc2ccc(OC)c(OC)c2)Cc2cc3ccc(C)c(C)c3[nH]c2=O)cc1. The molecule has 0 saturated heterocycles. The first-order valence-electron chi connectivity index (χ1n) is 12.4. The number of ether oxygens (including phenoxy) is 3. The summed E-state index contributed by atoms with van der Waals surface area (Å²) in [7, 11) is 4.77. The lowest BCUT2D eigenvalue weighted by Crippen LogP contribution is -2.37. The number of hydrogen-bond acceptors (Lipinski definition) is 5. The molecule has 8 heteroatoms. The molecule has 0 unspecified atom stereocenters. The Labute approximate surface area is 222 Å². The maximum absolute atomic E-state index is 13.4. The van der Waals surface area contributed by atoms with Gasteiger partial charge in [0.15, 0.2) is 11.5 Å². The second-order valence-electron chi connectivity index (χ2n) is 9.11. The Hall–Kier alpha value is -4.46. The number of nitrogens with one attached hydrogen (secondary N) is 2. The zero-order chi connectivity index (χ0) is 27.2. The van der Waals surface area contributed by atoms with Crippen molar-refractivity contribution < 1.29 is 19.0 Å². The number of fused-ring (bicyclic) bond motifs is 1. The van der Waals surface area contributed by atoms with Crippen LogP contribution in [0.15, 0.2) is 65.5 Å². The molecule has 0 spiro atoms. The highest BCUT2D eigenvalue weighted by molar-refractivity contribution is 5.89. The molecule has 1 aromatic heterocycles. The molecule has 0 fully saturated rings. The van der Waals surface area contributed by atoms with Crippen molar-refractivity contribution in [2.75, 3.05) is 33.2 Å². The zero-order valence-corrected chi connectivity index (χ0v) is 22.4. The van der Waals surface area contributed by atoms with Crippen molar-refractivity contribution in [1.29, 1.82) is 0 Å². The van der Waals surface area contributed by atoms with Gasteiger partial charge in [-0.25, -0.2) is 4.79 Å². The average molecular weight is 516 g/mol. The average Bonchev–Trinajstić information content (AvgIpc) is 2.93. The van der Waals surface area contributed by atoms with E-state index in [4.69, 9.17) is 14.2 Å². The molecule has 38 heavy (non-hydrogen) atoms. The van der Waals surface area contributed by atoms with Crippen LogP contribution in [0.25, 0.3) is 10.9 Å². The number of carbonyl (C=O) groups is 1. The smallest absolute Gasteiger partial charge is 0.322 e. The lowest BCUT2D eigenvalue weighted by Gasteiger charge is -2.23. The van der Waals surface area contributed by atoms with Gasteiger partial charge in [0.25, 0.3) is 5.56 Å². The fourth-order valence-electron chi connectivity index (χ4n) is 4.32. The highest BCUT2D eigenvalue weighted by Gasteiger charge is 2.18. The number of rotatable bonds is 9. The number of hydrogen-bond donors (Lipinski definition) is 2. The van der Waals surface area contributed by atoms with Crippen LogP contribution in [0, 0.1) is 13.8 Å². The van der Waals surface area contributed by atoms with E-state index in [1.807, 2.05) is 50.2 Å². The number of carbonyl (C=O) groups excluding carboxylic acids is 1. The number of pyridine rings is 1. The summed E-state index contributed by atoms with van der Waals surface area (Å²) >= 11 is 0. The summed E-state index contributed by atoms with van der Waals surface area (Å²) in [6, 6.07) is 18.4. The van der Waals surface area contributed by atoms with E-state index in [-0.39, 0.29) is 18.1 Å². The van der Waals surface area contributed by atoms with Crippen molar-refractivity contribution in [1.82, 2.24) is 9.88 Å². The molecule has 198 valence electrons. The van der Waals surface area contributed by atoms with E-state index in [1.54, 1.807) is 50.5 Å². The standard InChI is InChI=1S/C30H33N3O5/c1-19-6-8-22-17-23(29(34)32-28(22)20(19)2)18-33(30(35)31-24-9-11-25(36-3)12-10-24)15-14-21-7-13-26(37-4)27(16-21)38-5/h6-13,16-17H,14-15,18H2,1-5H3,(H,31,35)(H,32,34). The van der Waals surface area contributed by atoms with Crippen molar-refractivity contribution in [3.63, 3.8) is 0 Å². The molecule has 0 aliphatic rings. The monoisotopic (exact) mass is 515 g/mol. The normalized spacial score (nSPS) is 10.8. The molecule has 0 radical (unpaired) electrons. The Morgan fingerprint density at radius 2 is 1.63 bits per heavy atom. The van der Waals surface area contributed by atoms with Gasteiger partial charge < -0.3 is 29.4 Å². The van der Waals surface area contributed by atoms with Crippen molar-refractivity contribution in [2.24, 2.45) is 0 Å². The number of aryl methyl sites for hydroxylation is 2. The Bertz CT molecular complexity index is 1490. The first-order valence-corrected chi connectivity index (χ1v) is 12.4. The van der Waals surface area contributed by atoms with Crippen LogP contribution in [0.1, 0.15) is 22.3 Å². The predicted molar refractivity (Wildman–Crippen MR) is 150 cm³/mol. The molecule has 0 atom stereocenters. The van der Waals surface area contributed by atoms with E-state index in [0.717, 1.165) is 27.6 Å². The first kappa shape index (κ1) is 26.6. The van der Waals surface area contributed by atoms with E-state index in [0.29, 0.717) is 41.5 Å². The largest absolute Gasteiger partial charge is 0.497 e.